The molecule has 104 valence electrons. The van der Waals surface area contributed by atoms with Crippen molar-refractivity contribution in [2.75, 3.05) is 25.4 Å². The lowest BCUT2D eigenvalue weighted by atomic mass is 9.84. The molecule has 2 fully saturated rings. The van der Waals surface area contributed by atoms with Crippen molar-refractivity contribution in [3.8, 4) is 5.75 Å². The van der Waals surface area contributed by atoms with Crippen molar-refractivity contribution in [1.29, 1.82) is 0 Å². The molecule has 2 N–H and O–H groups in total. The second kappa shape index (κ2) is 5.83. The molecule has 19 heavy (non-hydrogen) atoms. The van der Waals surface area contributed by atoms with Crippen LogP contribution in [0.3, 0.4) is 0 Å². The van der Waals surface area contributed by atoms with E-state index < -0.39 is 0 Å². The van der Waals surface area contributed by atoms with Gasteiger partial charge in [0.15, 0.2) is 0 Å². The van der Waals surface area contributed by atoms with Gasteiger partial charge < -0.3 is 10.5 Å². The van der Waals surface area contributed by atoms with Crippen LogP contribution in [0.1, 0.15) is 32.1 Å². The van der Waals surface area contributed by atoms with Gasteiger partial charge in [-0.1, -0.05) is 6.42 Å². The maximum atomic E-state index is 5.97. The van der Waals surface area contributed by atoms with Crippen LogP contribution in [0.25, 0.3) is 0 Å². The van der Waals surface area contributed by atoms with E-state index in [1.807, 2.05) is 24.3 Å². The Balaban J connectivity index is 1.57. The van der Waals surface area contributed by atoms with Gasteiger partial charge in [-0.05, 0) is 63.0 Å². The Morgan fingerprint density at radius 2 is 1.84 bits per heavy atom. The summed E-state index contributed by atoms with van der Waals surface area (Å²) in [7, 11) is 0. The first kappa shape index (κ1) is 12.8. The highest BCUT2D eigenvalue weighted by Gasteiger charge is 2.33. The third kappa shape index (κ3) is 3.03. The molecule has 2 aliphatic heterocycles. The van der Waals surface area contributed by atoms with Gasteiger partial charge in [0.25, 0.3) is 0 Å². The molecule has 2 heterocycles. The van der Waals surface area contributed by atoms with E-state index in [0.717, 1.165) is 24.1 Å². The Morgan fingerprint density at radius 1 is 1.05 bits per heavy atom. The van der Waals surface area contributed by atoms with Crippen LogP contribution in [-0.4, -0.2) is 30.6 Å². The van der Waals surface area contributed by atoms with E-state index in [1.54, 1.807) is 0 Å². The van der Waals surface area contributed by atoms with Crippen molar-refractivity contribution < 1.29 is 4.74 Å². The molecule has 3 rings (SSSR count). The molecule has 0 radical (unpaired) electrons. The Hall–Kier alpha value is -1.22. The number of hydrogen-bond donors (Lipinski definition) is 1. The molecule has 0 saturated carbocycles. The summed E-state index contributed by atoms with van der Waals surface area (Å²) in [5.41, 5.74) is 6.49. The topological polar surface area (TPSA) is 38.5 Å². The van der Waals surface area contributed by atoms with E-state index in [2.05, 4.69) is 4.90 Å². The standard InChI is InChI=1S/C16H24N2O/c17-14-6-8-15(9-7-14)19-12-13-4-3-11-18-10-2-1-5-16(13)18/h6-9,13,16H,1-5,10-12,17H2/t13-,16-/m0/s1. The number of rotatable bonds is 3. The second-order valence-electron chi connectivity index (χ2n) is 5.88. The van der Waals surface area contributed by atoms with Crippen LogP contribution in [0.15, 0.2) is 24.3 Å². The minimum absolute atomic E-state index is 0.701. The number of nitrogens with two attached hydrogens (primary N) is 1. The Bertz CT molecular complexity index is 402. The molecule has 1 aromatic rings. The predicted molar refractivity (Wildman–Crippen MR) is 78.3 cm³/mol. The highest BCUT2D eigenvalue weighted by atomic mass is 16.5. The monoisotopic (exact) mass is 260 g/mol. The summed E-state index contributed by atoms with van der Waals surface area (Å²) < 4.78 is 5.97. The number of ether oxygens (including phenoxy) is 1. The molecular formula is C16H24N2O. The van der Waals surface area contributed by atoms with Crippen LogP contribution < -0.4 is 10.5 Å². The van der Waals surface area contributed by atoms with Gasteiger partial charge in [-0.25, -0.2) is 0 Å². The van der Waals surface area contributed by atoms with Gasteiger partial charge >= 0.3 is 0 Å². The van der Waals surface area contributed by atoms with Gasteiger partial charge in [0, 0.05) is 17.6 Å². The summed E-state index contributed by atoms with van der Waals surface area (Å²) in [6, 6.07) is 8.51. The number of hydrogen-bond acceptors (Lipinski definition) is 3. The van der Waals surface area contributed by atoms with Gasteiger partial charge in [0.2, 0.25) is 0 Å². The largest absolute Gasteiger partial charge is 0.493 e. The molecule has 3 nitrogen and oxygen atoms in total. The first-order chi connectivity index (χ1) is 9.33. The molecule has 0 amide bonds. The van der Waals surface area contributed by atoms with E-state index in [1.165, 1.54) is 45.2 Å². The number of benzene rings is 1. The fourth-order valence-corrected chi connectivity index (χ4v) is 3.54. The van der Waals surface area contributed by atoms with E-state index >= 15 is 0 Å². The summed E-state index contributed by atoms with van der Waals surface area (Å²) in [5.74, 6) is 1.65. The van der Waals surface area contributed by atoms with Crippen molar-refractivity contribution >= 4 is 5.69 Å². The normalized spacial score (nSPS) is 27.8. The maximum Gasteiger partial charge on any atom is 0.119 e. The molecule has 0 bridgehead atoms. The maximum absolute atomic E-state index is 5.97. The first-order valence-electron chi connectivity index (χ1n) is 7.55. The zero-order valence-electron chi connectivity index (χ0n) is 11.6. The molecule has 0 aliphatic carbocycles. The minimum Gasteiger partial charge on any atom is -0.493 e. The summed E-state index contributed by atoms with van der Waals surface area (Å²) in [6.45, 7) is 3.44. The first-order valence-corrected chi connectivity index (χ1v) is 7.55. The van der Waals surface area contributed by atoms with Crippen molar-refractivity contribution in [3.63, 3.8) is 0 Å². The Labute approximate surface area is 115 Å². The number of fused-ring (bicyclic) bond motifs is 1. The lowest BCUT2D eigenvalue weighted by molar-refractivity contribution is 0.0366. The van der Waals surface area contributed by atoms with E-state index in [0.29, 0.717) is 5.92 Å². The van der Waals surface area contributed by atoms with Gasteiger partial charge in [-0.3, -0.25) is 4.90 Å². The number of anilines is 1. The average molecular weight is 260 g/mol. The van der Waals surface area contributed by atoms with Crippen molar-refractivity contribution in [2.45, 2.75) is 38.1 Å². The summed E-state index contributed by atoms with van der Waals surface area (Å²) in [5, 5.41) is 0. The van der Waals surface area contributed by atoms with Gasteiger partial charge in [0.1, 0.15) is 5.75 Å². The lowest BCUT2D eigenvalue weighted by Gasteiger charge is -2.44. The van der Waals surface area contributed by atoms with Crippen LogP contribution in [0.5, 0.6) is 5.75 Å². The van der Waals surface area contributed by atoms with Crippen LogP contribution in [0.4, 0.5) is 5.69 Å². The molecule has 2 aliphatic rings. The quantitative estimate of drug-likeness (QED) is 0.849. The van der Waals surface area contributed by atoms with Gasteiger partial charge in [-0.2, -0.15) is 0 Å². The molecule has 0 spiro atoms. The third-order valence-corrected chi connectivity index (χ3v) is 4.57. The number of piperidine rings is 2. The SMILES string of the molecule is Nc1ccc(OC[C@@H]2CCCN3CCCC[C@@H]23)cc1. The fraction of sp³-hybridized carbons (Fsp3) is 0.625. The molecular weight excluding hydrogens is 236 g/mol. The van der Waals surface area contributed by atoms with Crippen molar-refractivity contribution in [2.24, 2.45) is 5.92 Å². The summed E-state index contributed by atoms with van der Waals surface area (Å²) in [6.07, 6.45) is 6.76. The Morgan fingerprint density at radius 3 is 2.68 bits per heavy atom. The molecule has 1 aromatic carbocycles. The van der Waals surface area contributed by atoms with Crippen LogP contribution in [0, 0.1) is 5.92 Å². The molecule has 3 heteroatoms. The molecule has 2 saturated heterocycles. The second-order valence-corrected chi connectivity index (χ2v) is 5.88. The highest BCUT2D eigenvalue weighted by Crippen LogP contribution is 2.31. The van der Waals surface area contributed by atoms with Crippen LogP contribution in [-0.2, 0) is 0 Å². The smallest absolute Gasteiger partial charge is 0.119 e. The zero-order valence-corrected chi connectivity index (χ0v) is 11.6. The average Bonchev–Trinajstić information content (AvgIpc) is 2.47. The zero-order chi connectivity index (χ0) is 13.1. The van der Waals surface area contributed by atoms with Crippen molar-refractivity contribution in [3.05, 3.63) is 24.3 Å². The van der Waals surface area contributed by atoms with Crippen molar-refractivity contribution in [1.82, 2.24) is 4.90 Å². The summed E-state index contributed by atoms with van der Waals surface area (Å²) >= 11 is 0. The van der Waals surface area contributed by atoms with Crippen LogP contribution >= 0.6 is 0 Å². The molecule has 2 atom stereocenters. The van der Waals surface area contributed by atoms with Crippen LogP contribution in [0.2, 0.25) is 0 Å². The number of nitrogen functional groups attached to an aromatic ring is 1. The lowest BCUT2D eigenvalue weighted by Crippen LogP contribution is -2.49. The molecule has 0 unspecified atom stereocenters. The van der Waals surface area contributed by atoms with Gasteiger partial charge in [-0.15, -0.1) is 0 Å². The van der Waals surface area contributed by atoms with E-state index in [9.17, 15) is 0 Å². The third-order valence-electron chi connectivity index (χ3n) is 4.57. The molecule has 0 aromatic heterocycles. The summed E-state index contributed by atoms with van der Waals surface area (Å²) in [4.78, 5) is 2.68. The highest BCUT2D eigenvalue weighted by molar-refractivity contribution is 5.41. The van der Waals surface area contributed by atoms with E-state index in [-0.39, 0.29) is 0 Å². The Kier molecular flexibility index (Phi) is 3.92. The minimum atomic E-state index is 0.701. The predicted octanol–water partition coefficient (Wildman–Crippen LogP) is 2.91. The number of nitrogens with zero attached hydrogens (tertiary/aromatic N) is 1. The van der Waals surface area contributed by atoms with Gasteiger partial charge in [0.05, 0.1) is 6.61 Å². The fourth-order valence-electron chi connectivity index (χ4n) is 3.54. The van der Waals surface area contributed by atoms with E-state index in [4.69, 9.17) is 10.5 Å².